The number of thiazole rings is 1. The lowest BCUT2D eigenvalue weighted by Gasteiger charge is -2.30. The number of fused-ring (bicyclic) bond motifs is 1. The van der Waals surface area contributed by atoms with Gasteiger partial charge in [-0.1, -0.05) is 0 Å². The Bertz CT molecular complexity index is 733. The summed E-state index contributed by atoms with van der Waals surface area (Å²) in [7, 11) is 0. The standard InChI is InChI=1S/C16H16F2N2O2S/c1-2-22-16(21)15-19-11(9-23-15)8-20-5-3-4-10-6-12(17)13(18)7-14(10)20/h6-7,9H,2-5,8H2,1H3. The van der Waals surface area contributed by atoms with Gasteiger partial charge < -0.3 is 9.64 Å². The lowest BCUT2D eigenvalue weighted by molar-refractivity contribution is 0.0525. The molecule has 0 saturated carbocycles. The van der Waals surface area contributed by atoms with Gasteiger partial charge in [-0.05, 0) is 31.4 Å². The molecule has 1 aromatic carbocycles. The number of nitrogens with zero attached hydrogens (tertiary/aromatic N) is 2. The van der Waals surface area contributed by atoms with Crippen LogP contribution in [0.2, 0.25) is 0 Å². The van der Waals surface area contributed by atoms with E-state index in [4.69, 9.17) is 4.74 Å². The lowest BCUT2D eigenvalue weighted by Crippen LogP contribution is -2.29. The molecule has 7 heteroatoms. The van der Waals surface area contributed by atoms with Gasteiger partial charge in [0.2, 0.25) is 5.01 Å². The normalized spacial score (nSPS) is 13.8. The highest BCUT2D eigenvalue weighted by atomic mass is 32.1. The molecule has 0 aliphatic carbocycles. The molecule has 3 rings (SSSR count). The molecular formula is C16H16F2N2O2S. The van der Waals surface area contributed by atoms with E-state index in [0.717, 1.165) is 30.6 Å². The van der Waals surface area contributed by atoms with Gasteiger partial charge in [0, 0.05) is 23.7 Å². The van der Waals surface area contributed by atoms with Crippen LogP contribution in [0.3, 0.4) is 0 Å². The summed E-state index contributed by atoms with van der Waals surface area (Å²) in [4.78, 5) is 17.9. The number of anilines is 1. The molecule has 0 saturated heterocycles. The predicted molar refractivity (Wildman–Crippen MR) is 83.8 cm³/mol. The van der Waals surface area contributed by atoms with Gasteiger partial charge in [0.05, 0.1) is 18.8 Å². The van der Waals surface area contributed by atoms with Crippen molar-refractivity contribution in [2.45, 2.75) is 26.3 Å². The smallest absolute Gasteiger partial charge is 0.367 e. The van der Waals surface area contributed by atoms with Crippen molar-refractivity contribution < 1.29 is 18.3 Å². The number of esters is 1. The van der Waals surface area contributed by atoms with Crippen LogP contribution in [-0.2, 0) is 17.7 Å². The first-order chi connectivity index (χ1) is 11.1. The largest absolute Gasteiger partial charge is 0.461 e. The van der Waals surface area contributed by atoms with E-state index in [1.54, 1.807) is 12.3 Å². The van der Waals surface area contributed by atoms with Crippen LogP contribution in [-0.4, -0.2) is 24.1 Å². The van der Waals surface area contributed by atoms with E-state index in [1.165, 1.54) is 23.5 Å². The van der Waals surface area contributed by atoms with Crippen LogP contribution in [0, 0.1) is 11.6 Å². The van der Waals surface area contributed by atoms with Gasteiger partial charge in [0.1, 0.15) is 0 Å². The quantitative estimate of drug-likeness (QED) is 0.800. The summed E-state index contributed by atoms with van der Waals surface area (Å²) in [6.07, 6.45) is 1.60. The summed E-state index contributed by atoms with van der Waals surface area (Å²) < 4.78 is 31.8. The Hall–Kier alpha value is -2.02. The number of carbonyl (C=O) groups is 1. The minimum atomic E-state index is -0.846. The zero-order valence-electron chi connectivity index (χ0n) is 12.6. The maximum atomic E-state index is 13.5. The molecular weight excluding hydrogens is 322 g/mol. The molecule has 2 heterocycles. The van der Waals surface area contributed by atoms with Crippen molar-refractivity contribution in [1.82, 2.24) is 4.98 Å². The van der Waals surface area contributed by atoms with E-state index < -0.39 is 17.6 Å². The second-order valence-electron chi connectivity index (χ2n) is 5.28. The molecule has 1 aromatic heterocycles. The Balaban J connectivity index is 1.80. The van der Waals surface area contributed by atoms with E-state index in [9.17, 15) is 13.6 Å². The maximum Gasteiger partial charge on any atom is 0.367 e. The average molecular weight is 338 g/mol. The summed E-state index contributed by atoms with van der Waals surface area (Å²) >= 11 is 1.23. The third-order valence-corrected chi connectivity index (χ3v) is 4.56. The molecule has 0 fully saturated rings. The van der Waals surface area contributed by atoms with Crippen molar-refractivity contribution >= 4 is 23.0 Å². The van der Waals surface area contributed by atoms with Crippen molar-refractivity contribution in [1.29, 1.82) is 0 Å². The molecule has 122 valence electrons. The first kappa shape index (κ1) is 15.9. The molecule has 4 nitrogen and oxygen atoms in total. The number of hydrogen-bond acceptors (Lipinski definition) is 5. The maximum absolute atomic E-state index is 13.5. The topological polar surface area (TPSA) is 42.4 Å². The highest BCUT2D eigenvalue weighted by molar-refractivity contribution is 7.11. The fourth-order valence-corrected chi connectivity index (χ4v) is 3.38. The van der Waals surface area contributed by atoms with E-state index in [0.29, 0.717) is 23.8 Å². The molecule has 23 heavy (non-hydrogen) atoms. The Kier molecular flexibility index (Phi) is 4.56. The summed E-state index contributed by atoms with van der Waals surface area (Å²) in [5, 5.41) is 2.10. The molecule has 0 radical (unpaired) electrons. The lowest BCUT2D eigenvalue weighted by atomic mass is 10.0. The first-order valence-corrected chi connectivity index (χ1v) is 8.31. The number of rotatable bonds is 4. The van der Waals surface area contributed by atoms with Gasteiger partial charge in [-0.15, -0.1) is 11.3 Å². The Morgan fingerprint density at radius 3 is 2.96 bits per heavy atom. The number of hydrogen-bond donors (Lipinski definition) is 0. The average Bonchev–Trinajstić information content (AvgIpc) is 2.98. The van der Waals surface area contributed by atoms with Crippen LogP contribution in [0.25, 0.3) is 0 Å². The van der Waals surface area contributed by atoms with E-state index >= 15 is 0 Å². The molecule has 1 aliphatic heterocycles. The van der Waals surface area contributed by atoms with Gasteiger partial charge >= 0.3 is 5.97 Å². The zero-order chi connectivity index (χ0) is 16.4. The van der Waals surface area contributed by atoms with Crippen molar-refractivity contribution in [2.24, 2.45) is 0 Å². The summed E-state index contributed by atoms with van der Waals surface area (Å²) in [5.74, 6) is -2.10. The van der Waals surface area contributed by atoms with Gasteiger partial charge in [-0.3, -0.25) is 0 Å². The summed E-state index contributed by atoms with van der Waals surface area (Å²) in [6, 6.07) is 2.50. The van der Waals surface area contributed by atoms with Crippen LogP contribution in [0.1, 0.15) is 34.4 Å². The van der Waals surface area contributed by atoms with E-state index in [1.807, 2.05) is 4.90 Å². The monoisotopic (exact) mass is 338 g/mol. The van der Waals surface area contributed by atoms with Crippen molar-refractivity contribution in [3.8, 4) is 0 Å². The number of aryl methyl sites for hydroxylation is 1. The van der Waals surface area contributed by atoms with Gasteiger partial charge in [0.15, 0.2) is 11.6 Å². The van der Waals surface area contributed by atoms with Crippen molar-refractivity contribution in [3.05, 3.63) is 45.4 Å². The number of halogens is 2. The second-order valence-corrected chi connectivity index (χ2v) is 6.14. The van der Waals surface area contributed by atoms with Gasteiger partial charge in [0.25, 0.3) is 0 Å². The number of ether oxygens (including phenoxy) is 1. The number of benzene rings is 1. The third-order valence-electron chi connectivity index (χ3n) is 3.69. The van der Waals surface area contributed by atoms with Crippen molar-refractivity contribution in [3.63, 3.8) is 0 Å². The number of aromatic nitrogens is 1. The van der Waals surface area contributed by atoms with Crippen LogP contribution in [0.4, 0.5) is 14.5 Å². The molecule has 2 aromatic rings. The SMILES string of the molecule is CCOC(=O)c1nc(CN2CCCc3cc(F)c(F)cc32)cs1. The van der Waals surface area contributed by atoms with E-state index in [2.05, 4.69) is 4.98 Å². The predicted octanol–water partition coefficient (Wildman–Crippen LogP) is 3.55. The second kappa shape index (κ2) is 6.62. The molecule has 1 aliphatic rings. The summed E-state index contributed by atoms with van der Waals surface area (Å²) in [6.45, 7) is 3.24. The van der Waals surface area contributed by atoms with Crippen LogP contribution < -0.4 is 4.90 Å². The molecule has 0 spiro atoms. The number of carbonyl (C=O) groups excluding carboxylic acids is 1. The molecule has 0 amide bonds. The molecule has 0 unspecified atom stereocenters. The zero-order valence-corrected chi connectivity index (χ0v) is 13.5. The Morgan fingerprint density at radius 2 is 2.17 bits per heavy atom. The molecule has 0 atom stereocenters. The fraction of sp³-hybridized carbons (Fsp3) is 0.375. The third kappa shape index (κ3) is 3.34. The Labute approximate surface area is 136 Å². The Morgan fingerprint density at radius 1 is 1.39 bits per heavy atom. The van der Waals surface area contributed by atoms with Crippen molar-refractivity contribution in [2.75, 3.05) is 18.1 Å². The highest BCUT2D eigenvalue weighted by Crippen LogP contribution is 2.30. The molecule has 0 bridgehead atoms. The van der Waals surface area contributed by atoms with Gasteiger partial charge in [-0.25, -0.2) is 18.6 Å². The minimum Gasteiger partial charge on any atom is -0.461 e. The van der Waals surface area contributed by atoms with Crippen LogP contribution in [0.15, 0.2) is 17.5 Å². The van der Waals surface area contributed by atoms with E-state index in [-0.39, 0.29) is 0 Å². The molecule has 0 N–H and O–H groups in total. The first-order valence-electron chi connectivity index (χ1n) is 7.43. The van der Waals surface area contributed by atoms with Gasteiger partial charge in [-0.2, -0.15) is 0 Å². The van der Waals surface area contributed by atoms with Crippen LogP contribution in [0.5, 0.6) is 0 Å². The fourth-order valence-electron chi connectivity index (χ4n) is 2.68. The highest BCUT2D eigenvalue weighted by Gasteiger charge is 2.21. The summed E-state index contributed by atoms with van der Waals surface area (Å²) in [5.41, 5.74) is 2.22. The van der Waals surface area contributed by atoms with Crippen LogP contribution >= 0.6 is 11.3 Å². The minimum absolute atomic E-state index is 0.304.